The van der Waals surface area contributed by atoms with Crippen LogP contribution in [0.3, 0.4) is 0 Å². The van der Waals surface area contributed by atoms with Crippen LogP contribution in [0, 0.1) is 0 Å². The highest BCUT2D eigenvalue weighted by molar-refractivity contribution is 7.91. The lowest BCUT2D eigenvalue weighted by atomic mass is 10.3. The van der Waals surface area contributed by atoms with Gasteiger partial charge >= 0.3 is 5.97 Å². The van der Waals surface area contributed by atoms with E-state index in [1.54, 1.807) is 6.92 Å². The maximum atomic E-state index is 11.2. The molecular formula is C11H15NO5S. The Bertz CT molecular complexity index is 512. The molecule has 0 spiro atoms. The quantitative estimate of drug-likeness (QED) is 0.744. The van der Waals surface area contributed by atoms with Crippen molar-refractivity contribution in [3.05, 3.63) is 24.0 Å². The lowest BCUT2D eigenvalue weighted by Crippen LogP contribution is -2.12. The summed E-state index contributed by atoms with van der Waals surface area (Å²) >= 11 is 0. The molecule has 0 aliphatic heterocycles. The molecule has 0 fully saturated rings. The van der Waals surface area contributed by atoms with Crippen molar-refractivity contribution < 1.29 is 23.1 Å². The van der Waals surface area contributed by atoms with Gasteiger partial charge in [-0.1, -0.05) is 6.92 Å². The first kappa shape index (κ1) is 14.4. The van der Waals surface area contributed by atoms with Crippen LogP contribution in [0.5, 0.6) is 5.75 Å². The Labute approximate surface area is 106 Å². The molecular weight excluding hydrogens is 258 g/mol. The fourth-order valence-electron chi connectivity index (χ4n) is 1.23. The van der Waals surface area contributed by atoms with Gasteiger partial charge in [0.1, 0.15) is 15.6 Å². The third-order valence-corrected chi connectivity index (χ3v) is 4.06. The van der Waals surface area contributed by atoms with Crippen molar-refractivity contribution >= 4 is 15.8 Å². The topological polar surface area (TPSA) is 93.6 Å². The van der Waals surface area contributed by atoms with E-state index in [4.69, 9.17) is 9.84 Å². The maximum Gasteiger partial charge on any atom is 0.337 e. The highest BCUT2D eigenvalue weighted by Crippen LogP contribution is 2.11. The summed E-state index contributed by atoms with van der Waals surface area (Å²) < 4.78 is 27.7. The molecule has 1 aromatic rings. The number of carbonyl (C=O) groups is 1. The maximum absolute atomic E-state index is 11.2. The minimum absolute atomic E-state index is 0.0358. The minimum Gasteiger partial charge on any atom is -0.492 e. The molecule has 0 aliphatic rings. The molecule has 0 amide bonds. The van der Waals surface area contributed by atoms with Crippen LogP contribution in [0.2, 0.25) is 0 Å². The molecule has 0 aliphatic carbocycles. The van der Waals surface area contributed by atoms with Crippen molar-refractivity contribution in [2.24, 2.45) is 0 Å². The molecule has 7 heteroatoms. The summed E-state index contributed by atoms with van der Waals surface area (Å²) in [5, 5.41) is 8.74. The number of rotatable bonds is 7. The molecule has 6 nitrogen and oxygen atoms in total. The van der Waals surface area contributed by atoms with E-state index in [1.165, 1.54) is 18.5 Å². The zero-order valence-electron chi connectivity index (χ0n) is 10.00. The Hall–Kier alpha value is -1.63. The number of aromatic carboxylic acids is 1. The van der Waals surface area contributed by atoms with Crippen LogP contribution < -0.4 is 4.74 Å². The van der Waals surface area contributed by atoms with Crippen molar-refractivity contribution in [2.75, 3.05) is 18.1 Å². The molecule has 18 heavy (non-hydrogen) atoms. The Kier molecular flexibility index (Phi) is 5.08. The number of nitrogens with zero attached hydrogens (tertiary/aromatic N) is 1. The van der Waals surface area contributed by atoms with Gasteiger partial charge in [-0.25, -0.2) is 13.2 Å². The second-order valence-electron chi connectivity index (χ2n) is 3.65. The van der Waals surface area contributed by atoms with Gasteiger partial charge in [0, 0.05) is 11.9 Å². The predicted octanol–water partition coefficient (Wildman–Crippen LogP) is 0.983. The van der Waals surface area contributed by atoms with Gasteiger partial charge < -0.3 is 9.84 Å². The summed E-state index contributed by atoms with van der Waals surface area (Å²) in [6.45, 7) is 1.81. The van der Waals surface area contributed by atoms with E-state index in [9.17, 15) is 13.2 Å². The molecule has 0 radical (unpaired) electrons. The average Bonchev–Trinajstić information content (AvgIpc) is 2.35. The summed E-state index contributed by atoms with van der Waals surface area (Å²) in [6.07, 6.45) is 2.98. The molecule has 0 atom stereocenters. The number of aromatic nitrogens is 1. The molecule has 0 aromatic carbocycles. The van der Waals surface area contributed by atoms with Crippen LogP contribution in [-0.4, -0.2) is 42.6 Å². The number of hydrogen-bond donors (Lipinski definition) is 1. The normalized spacial score (nSPS) is 11.2. The smallest absolute Gasteiger partial charge is 0.337 e. The minimum atomic E-state index is -2.99. The zero-order valence-corrected chi connectivity index (χ0v) is 10.8. The molecule has 0 bridgehead atoms. The molecule has 1 rings (SSSR count). The van der Waals surface area contributed by atoms with Gasteiger partial charge in [-0.2, -0.15) is 0 Å². The van der Waals surface area contributed by atoms with Crippen molar-refractivity contribution in [3.8, 4) is 5.75 Å². The van der Waals surface area contributed by atoms with E-state index in [2.05, 4.69) is 4.98 Å². The fourth-order valence-corrected chi connectivity index (χ4v) is 2.07. The number of pyridine rings is 1. The molecule has 0 saturated heterocycles. The lowest BCUT2D eigenvalue weighted by molar-refractivity contribution is 0.0696. The van der Waals surface area contributed by atoms with Gasteiger partial charge in [-0.15, -0.1) is 0 Å². The van der Waals surface area contributed by atoms with Crippen LogP contribution in [-0.2, 0) is 9.84 Å². The molecule has 1 aromatic heterocycles. The molecule has 0 saturated carbocycles. The van der Waals surface area contributed by atoms with Crippen LogP contribution in [0.25, 0.3) is 0 Å². The lowest BCUT2D eigenvalue weighted by Gasteiger charge is -2.06. The first-order valence-corrected chi connectivity index (χ1v) is 7.28. The van der Waals surface area contributed by atoms with Crippen LogP contribution in [0.15, 0.2) is 18.5 Å². The Balaban J connectivity index is 2.45. The first-order valence-electron chi connectivity index (χ1n) is 5.46. The van der Waals surface area contributed by atoms with Crippen molar-refractivity contribution in [3.63, 3.8) is 0 Å². The fraction of sp³-hybridized carbons (Fsp3) is 0.455. The third kappa shape index (κ3) is 4.70. The van der Waals surface area contributed by atoms with E-state index < -0.39 is 15.8 Å². The molecule has 1 N–H and O–H groups in total. The Morgan fingerprint density at radius 1 is 1.44 bits per heavy atom. The van der Waals surface area contributed by atoms with E-state index in [0.29, 0.717) is 12.2 Å². The van der Waals surface area contributed by atoms with Gasteiger partial charge in [0.15, 0.2) is 0 Å². The predicted molar refractivity (Wildman–Crippen MR) is 65.6 cm³/mol. The second kappa shape index (κ2) is 6.34. The molecule has 100 valence electrons. The van der Waals surface area contributed by atoms with Crippen molar-refractivity contribution in [2.45, 2.75) is 13.3 Å². The van der Waals surface area contributed by atoms with Crippen molar-refractivity contribution in [1.29, 1.82) is 0 Å². The number of ether oxygens (including phenoxy) is 1. The summed E-state index contributed by atoms with van der Waals surface area (Å²) in [7, 11) is -2.99. The van der Waals surface area contributed by atoms with Crippen LogP contribution in [0.4, 0.5) is 0 Å². The summed E-state index contributed by atoms with van der Waals surface area (Å²) in [6, 6.07) is 1.35. The second-order valence-corrected chi connectivity index (χ2v) is 6.13. The molecule has 0 unspecified atom stereocenters. The number of sulfone groups is 1. The van der Waals surface area contributed by atoms with Crippen molar-refractivity contribution in [1.82, 2.24) is 4.98 Å². The van der Waals surface area contributed by atoms with E-state index in [1.807, 2.05) is 0 Å². The monoisotopic (exact) mass is 273 g/mol. The van der Waals surface area contributed by atoms with Gasteiger partial charge in [-0.3, -0.25) is 4.98 Å². The number of carboxylic acids is 1. The molecule has 1 heterocycles. The third-order valence-electron chi connectivity index (χ3n) is 2.27. The van der Waals surface area contributed by atoms with Gasteiger partial charge in [0.25, 0.3) is 0 Å². The number of hydrogen-bond acceptors (Lipinski definition) is 5. The van der Waals surface area contributed by atoms with Gasteiger partial charge in [0.2, 0.25) is 0 Å². The Morgan fingerprint density at radius 2 is 2.17 bits per heavy atom. The average molecular weight is 273 g/mol. The summed E-state index contributed by atoms with van der Waals surface area (Å²) in [5.74, 6) is -0.580. The van der Waals surface area contributed by atoms with Gasteiger partial charge in [-0.05, 0) is 12.5 Å². The zero-order chi connectivity index (χ0) is 13.6. The van der Waals surface area contributed by atoms with E-state index in [0.717, 1.165) is 0 Å². The largest absolute Gasteiger partial charge is 0.492 e. The van der Waals surface area contributed by atoms with Crippen LogP contribution >= 0.6 is 0 Å². The standard InChI is InChI=1S/C11H15NO5S/c1-2-18(15,16)5-3-4-17-10-6-9(11(13)14)7-12-8-10/h6-8H,2-5H2,1H3,(H,13,14). The summed E-state index contributed by atoms with van der Waals surface area (Å²) in [4.78, 5) is 14.4. The van der Waals surface area contributed by atoms with Crippen LogP contribution in [0.1, 0.15) is 23.7 Å². The van der Waals surface area contributed by atoms with E-state index >= 15 is 0 Å². The summed E-state index contributed by atoms with van der Waals surface area (Å²) in [5.41, 5.74) is 0.0358. The highest BCUT2D eigenvalue weighted by atomic mass is 32.2. The van der Waals surface area contributed by atoms with Gasteiger partial charge in [0.05, 0.1) is 24.1 Å². The Morgan fingerprint density at radius 3 is 2.78 bits per heavy atom. The highest BCUT2D eigenvalue weighted by Gasteiger charge is 2.08. The van der Waals surface area contributed by atoms with E-state index in [-0.39, 0.29) is 23.7 Å². The number of carboxylic acid groups (broad SMARTS) is 1. The first-order chi connectivity index (χ1) is 8.44. The SMILES string of the molecule is CCS(=O)(=O)CCCOc1cncc(C(=O)O)c1.